The van der Waals surface area contributed by atoms with Crippen LogP contribution in [0.5, 0.6) is 11.6 Å². The Morgan fingerprint density at radius 1 is 1.44 bits per heavy atom. The Balaban J connectivity index is 3.39. The maximum atomic E-state index is 12.8. The number of hydrogen-bond donors (Lipinski definition) is 0. The Labute approximate surface area is 91.4 Å². The third-order valence-electron chi connectivity index (χ3n) is 2.01. The number of aromatic nitrogens is 1. The quantitative estimate of drug-likeness (QED) is 0.791. The van der Waals surface area contributed by atoms with Crippen molar-refractivity contribution in [2.24, 2.45) is 0 Å². The second-order valence-electron chi connectivity index (χ2n) is 2.88. The molecule has 0 saturated carbocycles. The highest BCUT2D eigenvalue weighted by atomic mass is 19.3. The number of hydrogen-bond acceptors (Lipinski definition) is 4. The van der Waals surface area contributed by atoms with Crippen molar-refractivity contribution in [2.75, 3.05) is 14.2 Å². The lowest BCUT2D eigenvalue weighted by molar-refractivity contribution is 0.144. The van der Waals surface area contributed by atoms with Gasteiger partial charge in [0, 0.05) is 6.20 Å². The first-order valence-electron chi connectivity index (χ1n) is 4.40. The lowest BCUT2D eigenvalue weighted by Gasteiger charge is -2.13. The van der Waals surface area contributed by atoms with E-state index in [0.717, 1.165) is 0 Å². The van der Waals surface area contributed by atoms with Gasteiger partial charge < -0.3 is 9.47 Å². The number of ether oxygens (including phenoxy) is 2. The fourth-order valence-corrected chi connectivity index (χ4v) is 1.33. The van der Waals surface area contributed by atoms with Crippen molar-refractivity contribution >= 4 is 0 Å². The molecule has 1 aromatic rings. The molecule has 1 aromatic heterocycles. The van der Waals surface area contributed by atoms with Gasteiger partial charge in [0.15, 0.2) is 5.75 Å². The van der Waals surface area contributed by atoms with Crippen molar-refractivity contribution < 1.29 is 18.3 Å². The average Bonchev–Trinajstić information content (AvgIpc) is 2.28. The second kappa shape index (κ2) is 5.26. The minimum absolute atomic E-state index is 0.0144. The van der Waals surface area contributed by atoms with Gasteiger partial charge in [-0.05, 0) is 5.56 Å². The Hall–Kier alpha value is -1.90. The molecule has 86 valence electrons. The molecule has 4 nitrogen and oxygen atoms in total. The number of nitriles is 1. The monoisotopic (exact) mass is 228 g/mol. The Kier molecular flexibility index (Phi) is 4.00. The summed E-state index contributed by atoms with van der Waals surface area (Å²) in [6, 6.07) is 1.80. The van der Waals surface area contributed by atoms with Gasteiger partial charge in [0.2, 0.25) is 0 Å². The summed E-state index contributed by atoms with van der Waals surface area (Å²) in [5, 5.41) is 8.52. The van der Waals surface area contributed by atoms with E-state index in [4.69, 9.17) is 14.7 Å². The minimum atomic E-state index is -2.74. The predicted octanol–water partition coefficient (Wildman–Crippen LogP) is 2.10. The summed E-state index contributed by atoms with van der Waals surface area (Å²) in [5.74, 6) is -0.135. The van der Waals surface area contributed by atoms with Gasteiger partial charge >= 0.3 is 0 Å². The van der Waals surface area contributed by atoms with Crippen molar-refractivity contribution in [1.29, 1.82) is 5.26 Å². The van der Waals surface area contributed by atoms with Crippen LogP contribution in [-0.4, -0.2) is 19.2 Å². The maximum absolute atomic E-state index is 12.8. The molecule has 0 aromatic carbocycles. The largest absolute Gasteiger partial charge is 0.491 e. The van der Waals surface area contributed by atoms with Crippen molar-refractivity contribution in [3.05, 3.63) is 17.3 Å². The highest BCUT2D eigenvalue weighted by Gasteiger charge is 2.23. The third-order valence-corrected chi connectivity index (χ3v) is 2.01. The summed E-state index contributed by atoms with van der Waals surface area (Å²) in [6.45, 7) is 0. The van der Waals surface area contributed by atoms with Crippen LogP contribution in [-0.2, 0) is 6.42 Å². The van der Waals surface area contributed by atoms with Crippen LogP contribution in [0.3, 0.4) is 0 Å². The number of methoxy groups -OCH3 is 2. The van der Waals surface area contributed by atoms with E-state index in [1.54, 1.807) is 6.07 Å². The molecule has 0 aliphatic heterocycles. The molecule has 0 spiro atoms. The number of nitrogens with zero attached hydrogens (tertiary/aromatic N) is 2. The number of halogens is 2. The van der Waals surface area contributed by atoms with Gasteiger partial charge in [0.05, 0.1) is 32.3 Å². The van der Waals surface area contributed by atoms with Crippen molar-refractivity contribution in [1.82, 2.24) is 4.98 Å². The highest BCUT2D eigenvalue weighted by molar-refractivity contribution is 5.47. The molecule has 1 heterocycles. The lowest BCUT2D eigenvalue weighted by atomic mass is 10.1. The standard InChI is InChI=1S/C10H10F2N2O2/c1-15-8-7(9(11)12)6(3-4-13)5-14-10(8)16-2/h5,9H,3H2,1-2H3. The fourth-order valence-electron chi connectivity index (χ4n) is 1.33. The van der Waals surface area contributed by atoms with E-state index in [2.05, 4.69) is 4.98 Å². The van der Waals surface area contributed by atoms with E-state index in [9.17, 15) is 8.78 Å². The molecule has 16 heavy (non-hydrogen) atoms. The maximum Gasteiger partial charge on any atom is 0.267 e. The molecule has 0 N–H and O–H groups in total. The topological polar surface area (TPSA) is 55.1 Å². The second-order valence-corrected chi connectivity index (χ2v) is 2.88. The zero-order valence-electron chi connectivity index (χ0n) is 8.83. The molecule has 0 bridgehead atoms. The van der Waals surface area contributed by atoms with Crippen LogP contribution in [0.15, 0.2) is 6.20 Å². The molecule has 1 rings (SSSR count). The summed E-state index contributed by atoms with van der Waals surface area (Å²) in [5.41, 5.74) is -0.189. The van der Waals surface area contributed by atoms with E-state index in [1.165, 1.54) is 20.4 Å². The summed E-state index contributed by atoms with van der Waals surface area (Å²) in [6.07, 6.45) is -1.69. The number of rotatable bonds is 4. The van der Waals surface area contributed by atoms with Crippen LogP contribution in [0, 0.1) is 11.3 Å². The average molecular weight is 228 g/mol. The van der Waals surface area contributed by atoms with Crippen LogP contribution >= 0.6 is 0 Å². The van der Waals surface area contributed by atoms with E-state index in [0.29, 0.717) is 0 Å². The minimum Gasteiger partial charge on any atom is -0.491 e. The van der Waals surface area contributed by atoms with Crippen molar-refractivity contribution in [3.63, 3.8) is 0 Å². The van der Waals surface area contributed by atoms with Crippen LogP contribution < -0.4 is 9.47 Å². The van der Waals surface area contributed by atoms with Crippen LogP contribution in [0.25, 0.3) is 0 Å². The Morgan fingerprint density at radius 2 is 2.12 bits per heavy atom. The summed E-state index contributed by atoms with van der Waals surface area (Å²) in [4.78, 5) is 3.80. The molecule has 0 radical (unpaired) electrons. The summed E-state index contributed by atoms with van der Waals surface area (Å²) in [7, 11) is 2.56. The zero-order chi connectivity index (χ0) is 12.1. The SMILES string of the molecule is COc1ncc(CC#N)c(C(F)F)c1OC. The molecular weight excluding hydrogens is 218 g/mol. The molecule has 0 aliphatic rings. The van der Waals surface area contributed by atoms with Crippen molar-refractivity contribution in [3.8, 4) is 17.7 Å². The molecule has 0 unspecified atom stereocenters. The summed E-state index contributed by atoms with van der Waals surface area (Å²) >= 11 is 0. The highest BCUT2D eigenvalue weighted by Crippen LogP contribution is 2.37. The molecule has 0 aliphatic carbocycles. The predicted molar refractivity (Wildman–Crippen MR) is 51.6 cm³/mol. The third kappa shape index (κ3) is 2.19. The zero-order valence-corrected chi connectivity index (χ0v) is 8.83. The van der Waals surface area contributed by atoms with Crippen LogP contribution in [0.1, 0.15) is 17.6 Å². The molecule has 0 amide bonds. The fraction of sp³-hybridized carbons (Fsp3) is 0.400. The van der Waals surface area contributed by atoms with E-state index in [1.807, 2.05) is 0 Å². The Bertz CT molecular complexity index is 416. The van der Waals surface area contributed by atoms with E-state index >= 15 is 0 Å². The molecule has 0 atom stereocenters. The molecule has 0 saturated heterocycles. The van der Waals surface area contributed by atoms with Gasteiger partial charge in [-0.15, -0.1) is 0 Å². The molecule has 0 fully saturated rings. The van der Waals surface area contributed by atoms with Gasteiger partial charge in [-0.3, -0.25) is 0 Å². The van der Waals surface area contributed by atoms with E-state index in [-0.39, 0.29) is 29.2 Å². The smallest absolute Gasteiger partial charge is 0.267 e. The molecular formula is C10H10F2N2O2. The number of alkyl halides is 2. The first-order chi connectivity index (χ1) is 7.65. The van der Waals surface area contributed by atoms with Crippen molar-refractivity contribution in [2.45, 2.75) is 12.8 Å². The van der Waals surface area contributed by atoms with E-state index < -0.39 is 6.43 Å². The lowest BCUT2D eigenvalue weighted by Crippen LogP contribution is -2.03. The van der Waals surface area contributed by atoms with Gasteiger partial charge in [-0.1, -0.05) is 0 Å². The van der Waals surface area contributed by atoms with Crippen LogP contribution in [0.4, 0.5) is 8.78 Å². The first kappa shape index (κ1) is 12.2. The molecule has 6 heteroatoms. The first-order valence-corrected chi connectivity index (χ1v) is 4.40. The normalized spacial score (nSPS) is 10.0. The summed E-state index contributed by atoms with van der Waals surface area (Å²) < 4.78 is 35.3. The van der Waals surface area contributed by atoms with Gasteiger partial charge in [-0.2, -0.15) is 5.26 Å². The Morgan fingerprint density at radius 3 is 2.56 bits per heavy atom. The van der Waals surface area contributed by atoms with Gasteiger partial charge in [0.25, 0.3) is 12.3 Å². The van der Waals surface area contributed by atoms with Gasteiger partial charge in [0.1, 0.15) is 0 Å². The van der Waals surface area contributed by atoms with Crippen LogP contribution in [0.2, 0.25) is 0 Å². The van der Waals surface area contributed by atoms with Gasteiger partial charge in [-0.25, -0.2) is 13.8 Å². The number of pyridine rings is 1.